The van der Waals surface area contributed by atoms with E-state index in [0.717, 1.165) is 32.1 Å². The van der Waals surface area contributed by atoms with Gasteiger partial charge in [-0.15, -0.1) is 0 Å². The second-order valence-corrected chi connectivity index (χ2v) is 3.64. The molecular weight excluding hydrogens is 182 g/mol. The molecule has 0 aromatic rings. The molecule has 4 heteroatoms. The van der Waals surface area contributed by atoms with Crippen LogP contribution in [0, 0.1) is 23.2 Å². The Bertz CT molecular complexity index is 274. The zero-order valence-electron chi connectivity index (χ0n) is 7.90. The number of carbonyl (C=O) groups excluding carboxylic acids is 1. The lowest BCUT2D eigenvalue weighted by Gasteiger charge is -2.20. The maximum atomic E-state index is 11.6. The number of carboxylic acid groups (broad SMARTS) is 1. The van der Waals surface area contributed by atoms with E-state index in [-0.39, 0.29) is 5.92 Å². The second-order valence-electron chi connectivity index (χ2n) is 3.64. The first kappa shape index (κ1) is 10.7. The molecule has 14 heavy (non-hydrogen) atoms. The van der Waals surface area contributed by atoms with Crippen LogP contribution in [-0.2, 0) is 9.59 Å². The van der Waals surface area contributed by atoms with Gasteiger partial charge in [0.1, 0.15) is 0 Å². The lowest BCUT2D eigenvalue weighted by atomic mass is 9.82. The fourth-order valence-electron chi connectivity index (χ4n) is 1.86. The summed E-state index contributed by atoms with van der Waals surface area (Å²) in [6.07, 6.45) is 4.52. The fraction of sp³-hybridized carbons (Fsp3) is 0.700. The van der Waals surface area contributed by atoms with E-state index >= 15 is 0 Å². The van der Waals surface area contributed by atoms with Crippen LogP contribution < -0.4 is 0 Å². The van der Waals surface area contributed by atoms with Gasteiger partial charge in [0.15, 0.2) is 5.78 Å². The van der Waals surface area contributed by atoms with Gasteiger partial charge in [0.2, 0.25) is 5.92 Å². The van der Waals surface area contributed by atoms with Crippen LogP contribution in [0.5, 0.6) is 0 Å². The molecule has 1 unspecified atom stereocenters. The van der Waals surface area contributed by atoms with E-state index in [9.17, 15) is 9.59 Å². The van der Waals surface area contributed by atoms with Gasteiger partial charge >= 0.3 is 5.97 Å². The molecule has 0 radical (unpaired) electrons. The summed E-state index contributed by atoms with van der Waals surface area (Å²) in [7, 11) is 0. The number of hydrogen-bond donors (Lipinski definition) is 1. The van der Waals surface area contributed by atoms with Crippen LogP contribution in [0.25, 0.3) is 0 Å². The molecule has 0 aromatic carbocycles. The van der Waals surface area contributed by atoms with Gasteiger partial charge in [-0.1, -0.05) is 19.3 Å². The van der Waals surface area contributed by atoms with E-state index in [2.05, 4.69) is 0 Å². The average molecular weight is 195 g/mol. The van der Waals surface area contributed by atoms with Crippen molar-refractivity contribution in [3.63, 3.8) is 0 Å². The van der Waals surface area contributed by atoms with Crippen molar-refractivity contribution in [2.45, 2.75) is 32.1 Å². The van der Waals surface area contributed by atoms with Crippen molar-refractivity contribution in [3.8, 4) is 6.07 Å². The quantitative estimate of drug-likeness (QED) is 0.689. The minimum atomic E-state index is -1.46. The van der Waals surface area contributed by atoms with E-state index in [4.69, 9.17) is 10.4 Å². The topological polar surface area (TPSA) is 78.2 Å². The maximum Gasteiger partial charge on any atom is 0.328 e. The van der Waals surface area contributed by atoms with Crippen LogP contribution in [0.3, 0.4) is 0 Å². The van der Waals surface area contributed by atoms with Crippen LogP contribution in [-0.4, -0.2) is 16.9 Å². The molecule has 1 atom stereocenters. The molecule has 0 heterocycles. The molecule has 1 rings (SSSR count). The Morgan fingerprint density at radius 1 is 1.29 bits per heavy atom. The molecule has 1 aliphatic carbocycles. The van der Waals surface area contributed by atoms with Gasteiger partial charge in [-0.2, -0.15) is 5.26 Å². The number of rotatable bonds is 3. The molecule has 0 amide bonds. The van der Waals surface area contributed by atoms with Crippen LogP contribution in [0.2, 0.25) is 0 Å². The van der Waals surface area contributed by atoms with Crippen LogP contribution >= 0.6 is 0 Å². The Balaban J connectivity index is 2.62. The smallest absolute Gasteiger partial charge is 0.328 e. The van der Waals surface area contributed by atoms with Crippen molar-refractivity contribution in [2.75, 3.05) is 0 Å². The summed E-state index contributed by atoms with van der Waals surface area (Å²) in [5.41, 5.74) is 0. The number of Topliss-reactive ketones (excluding diaryl/α,β-unsaturated/α-hetero) is 1. The van der Waals surface area contributed by atoms with Gasteiger partial charge in [-0.3, -0.25) is 9.59 Å². The summed E-state index contributed by atoms with van der Waals surface area (Å²) in [6.45, 7) is 0. The third-order valence-electron chi connectivity index (χ3n) is 2.67. The van der Waals surface area contributed by atoms with Crippen molar-refractivity contribution in [1.29, 1.82) is 5.26 Å². The number of nitriles is 1. The number of carbonyl (C=O) groups is 2. The highest BCUT2D eigenvalue weighted by molar-refractivity contribution is 6.02. The third-order valence-corrected chi connectivity index (χ3v) is 2.67. The van der Waals surface area contributed by atoms with E-state index in [1.165, 1.54) is 0 Å². The summed E-state index contributed by atoms with van der Waals surface area (Å²) < 4.78 is 0. The first-order valence-corrected chi connectivity index (χ1v) is 4.83. The molecule has 0 saturated heterocycles. The number of ketones is 1. The Labute approximate surface area is 82.5 Å². The normalized spacial score (nSPS) is 19.6. The van der Waals surface area contributed by atoms with E-state index in [1.807, 2.05) is 0 Å². The minimum absolute atomic E-state index is 0.204. The van der Waals surface area contributed by atoms with Gasteiger partial charge in [-0.25, -0.2) is 0 Å². The molecule has 76 valence electrons. The Morgan fingerprint density at radius 3 is 2.29 bits per heavy atom. The average Bonchev–Trinajstić information content (AvgIpc) is 2.19. The van der Waals surface area contributed by atoms with E-state index in [1.54, 1.807) is 6.07 Å². The lowest BCUT2D eigenvalue weighted by molar-refractivity contribution is -0.145. The Kier molecular flexibility index (Phi) is 3.63. The first-order valence-electron chi connectivity index (χ1n) is 4.83. The Hall–Kier alpha value is -1.37. The van der Waals surface area contributed by atoms with Gasteiger partial charge < -0.3 is 5.11 Å². The molecule has 0 bridgehead atoms. The monoisotopic (exact) mass is 195 g/mol. The highest BCUT2D eigenvalue weighted by atomic mass is 16.4. The predicted molar refractivity (Wildman–Crippen MR) is 48.3 cm³/mol. The van der Waals surface area contributed by atoms with Gasteiger partial charge in [0.25, 0.3) is 0 Å². The first-order chi connectivity index (χ1) is 6.66. The molecule has 0 spiro atoms. The van der Waals surface area contributed by atoms with Gasteiger partial charge in [0.05, 0.1) is 6.07 Å². The molecule has 1 fully saturated rings. The number of nitrogens with zero attached hydrogens (tertiary/aromatic N) is 1. The second kappa shape index (κ2) is 4.75. The maximum absolute atomic E-state index is 11.6. The van der Waals surface area contributed by atoms with E-state index in [0.29, 0.717) is 0 Å². The van der Waals surface area contributed by atoms with Crippen LogP contribution in [0.4, 0.5) is 0 Å². The lowest BCUT2D eigenvalue weighted by Crippen LogP contribution is -2.29. The number of hydrogen-bond acceptors (Lipinski definition) is 3. The van der Waals surface area contributed by atoms with Crippen molar-refractivity contribution in [1.82, 2.24) is 0 Å². The molecule has 0 aromatic heterocycles. The SMILES string of the molecule is N#CC(C(=O)O)C(=O)C1CCCCC1. The fourth-order valence-corrected chi connectivity index (χ4v) is 1.86. The Morgan fingerprint density at radius 2 is 1.86 bits per heavy atom. The molecular formula is C10H13NO3. The van der Waals surface area contributed by atoms with Crippen molar-refractivity contribution in [3.05, 3.63) is 0 Å². The number of aliphatic carboxylic acids is 1. The highest BCUT2D eigenvalue weighted by Gasteiger charge is 2.32. The largest absolute Gasteiger partial charge is 0.480 e. The molecule has 1 N–H and O–H groups in total. The molecule has 0 aliphatic heterocycles. The predicted octanol–water partition coefficient (Wildman–Crippen LogP) is 1.36. The van der Waals surface area contributed by atoms with Crippen LogP contribution in [0.15, 0.2) is 0 Å². The van der Waals surface area contributed by atoms with Crippen molar-refractivity contribution < 1.29 is 14.7 Å². The third kappa shape index (κ3) is 2.32. The van der Waals surface area contributed by atoms with Gasteiger partial charge in [0, 0.05) is 5.92 Å². The van der Waals surface area contributed by atoms with E-state index < -0.39 is 17.7 Å². The summed E-state index contributed by atoms with van der Waals surface area (Å²) in [6, 6.07) is 1.55. The molecule has 4 nitrogen and oxygen atoms in total. The highest BCUT2D eigenvalue weighted by Crippen LogP contribution is 2.26. The van der Waals surface area contributed by atoms with Crippen molar-refractivity contribution >= 4 is 11.8 Å². The minimum Gasteiger partial charge on any atom is -0.480 e. The number of carboxylic acids is 1. The standard InChI is InChI=1S/C10H13NO3/c11-6-8(10(13)14)9(12)7-4-2-1-3-5-7/h7-8H,1-5H2,(H,13,14). The van der Waals surface area contributed by atoms with Crippen molar-refractivity contribution in [2.24, 2.45) is 11.8 Å². The molecule has 1 aliphatic rings. The molecule has 1 saturated carbocycles. The zero-order chi connectivity index (χ0) is 10.6. The zero-order valence-corrected chi connectivity index (χ0v) is 7.90. The summed E-state index contributed by atoms with van der Waals surface area (Å²) in [5, 5.41) is 17.2. The van der Waals surface area contributed by atoms with Crippen LogP contribution in [0.1, 0.15) is 32.1 Å². The summed E-state index contributed by atoms with van der Waals surface area (Å²) >= 11 is 0. The summed E-state index contributed by atoms with van der Waals surface area (Å²) in [5.74, 6) is -3.38. The van der Waals surface area contributed by atoms with Gasteiger partial charge in [-0.05, 0) is 12.8 Å². The summed E-state index contributed by atoms with van der Waals surface area (Å²) in [4.78, 5) is 22.1.